The van der Waals surface area contributed by atoms with Crippen LogP contribution >= 0.6 is 0 Å². The molecule has 0 bridgehead atoms. The highest BCUT2D eigenvalue weighted by Crippen LogP contribution is 2.31. The molecule has 0 spiro atoms. The summed E-state index contributed by atoms with van der Waals surface area (Å²) in [6.45, 7) is 6.28. The third-order valence-corrected chi connectivity index (χ3v) is 3.48. The standard InChI is InChI=1S/C14H21FN2O/c1-10(2)17-6-7-18-13(9-16)14(17)11-4-3-5-12(15)8-11/h3-5,8,10,13-14H,6-7,9,16H2,1-2H3. The van der Waals surface area contributed by atoms with Crippen molar-refractivity contribution in [2.45, 2.75) is 32.0 Å². The van der Waals surface area contributed by atoms with Crippen LogP contribution < -0.4 is 5.73 Å². The van der Waals surface area contributed by atoms with Gasteiger partial charge in [0.25, 0.3) is 0 Å². The monoisotopic (exact) mass is 252 g/mol. The maximum atomic E-state index is 13.4. The molecule has 1 aliphatic rings. The molecule has 1 heterocycles. The Morgan fingerprint density at radius 1 is 1.50 bits per heavy atom. The van der Waals surface area contributed by atoms with Crippen molar-refractivity contribution in [1.29, 1.82) is 0 Å². The summed E-state index contributed by atoms with van der Waals surface area (Å²) < 4.78 is 19.1. The molecule has 1 aromatic rings. The summed E-state index contributed by atoms with van der Waals surface area (Å²) in [4.78, 5) is 2.33. The Hall–Kier alpha value is -0.970. The summed E-state index contributed by atoms with van der Waals surface area (Å²) in [7, 11) is 0. The number of morpholine rings is 1. The quantitative estimate of drug-likeness (QED) is 0.893. The van der Waals surface area contributed by atoms with Gasteiger partial charge in [-0.25, -0.2) is 4.39 Å². The zero-order chi connectivity index (χ0) is 13.1. The van der Waals surface area contributed by atoms with E-state index >= 15 is 0 Å². The second-order valence-electron chi connectivity index (χ2n) is 4.98. The largest absolute Gasteiger partial charge is 0.374 e. The summed E-state index contributed by atoms with van der Waals surface area (Å²) >= 11 is 0. The lowest BCUT2D eigenvalue weighted by molar-refractivity contribution is -0.0790. The van der Waals surface area contributed by atoms with Gasteiger partial charge in [-0.05, 0) is 31.5 Å². The van der Waals surface area contributed by atoms with E-state index in [-0.39, 0.29) is 18.0 Å². The van der Waals surface area contributed by atoms with Crippen molar-refractivity contribution in [3.05, 3.63) is 35.6 Å². The number of nitrogens with zero attached hydrogens (tertiary/aromatic N) is 1. The normalized spacial score (nSPS) is 25.6. The van der Waals surface area contributed by atoms with Crippen molar-refractivity contribution in [2.75, 3.05) is 19.7 Å². The Kier molecular flexibility index (Phi) is 4.32. The van der Waals surface area contributed by atoms with Crippen LogP contribution in [0, 0.1) is 5.82 Å². The highest BCUT2D eigenvalue weighted by molar-refractivity contribution is 5.22. The molecule has 1 aromatic carbocycles. The number of rotatable bonds is 3. The van der Waals surface area contributed by atoms with Crippen molar-refractivity contribution in [1.82, 2.24) is 4.90 Å². The minimum Gasteiger partial charge on any atom is -0.374 e. The van der Waals surface area contributed by atoms with E-state index in [9.17, 15) is 4.39 Å². The molecule has 3 nitrogen and oxygen atoms in total. The maximum Gasteiger partial charge on any atom is 0.123 e. The van der Waals surface area contributed by atoms with Gasteiger partial charge in [-0.15, -0.1) is 0 Å². The number of hydrogen-bond donors (Lipinski definition) is 1. The smallest absolute Gasteiger partial charge is 0.123 e. The van der Waals surface area contributed by atoms with Crippen molar-refractivity contribution in [3.63, 3.8) is 0 Å². The first-order chi connectivity index (χ1) is 8.63. The summed E-state index contributed by atoms with van der Waals surface area (Å²) in [5.74, 6) is -0.211. The van der Waals surface area contributed by atoms with Crippen LogP contribution in [0.3, 0.4) is 0 Å². The zero-order valence-corrected chi connectivity index (χ0v) is 11.0. The fourth-order valence-corrected chi connectivity index (χ4v) is 2.63. The highest BCUT2D eigenvalue weighted by Gasteiger charge is 2.34. The van der Waals surface area contributed by atoms with Gasteiger partial charge in [0.15, 0.2) is 0 Å². The van der Waals surface area contributed by atoms with E-state index < -0.39 is 0 Å². The van der Waals surface area contributed by atoms with Crippen LogP contribution in [-0.4, -0.2) is 36.7 Å². The molecule has 0 aromatic heterocycles. The Bertz CT molecular complexity index is 397. The van der Waals surface area contributed by atoms with Gasteiger partial charge >= 0.3 is 0 Å². The zero-order valence-electron chi connectivity index (χ0n) is 11.0. The summed E-state index contributed by atoms with van der Waals surface area (Å²) in [5, 5.41) is 0. The van der Waals surface area contributed by atoms with Crippen LogP contribution in [0.4, 0.5) is 4.39 Å². The average Bonchev–Trinajstić information content (AvgIpc) is 2.37. The molecule has 2 atom stereocenters. The number of nitrogens with two attached hydrogens (primary N) is 1. The van der Waals surface area contributed by atoms with E-state index in [4.69, 9.17) is 10.5 Å². The molecule has 1 fully saturated rings. The molecule has 1 aliphatic heterocycles. The Labute approximate surface area is 108 Å². The van der Waals surface area contributed by atoms with E-state index in [1.165, 1.54) is 6.07 Å². The van der Waals surface area contributed by atoms with Gasteiger partial charge in [0.05, 0.1) is 18.8 Å². The van der Waals surface area contributed by atoms with Crippen molar-refractivity contribution >= 4 is 0 Å². The first-order valence-corrected chi connectivity index (χ1v) is 6.46. The van der Waals surface area contributed by atoms with Crippen LogP contribution in [0.5, 0.6) is 0 Å². The van der Waals surface area contributed by atoms with Crippen molar-refractivity contribution in [3.8, 4) is 0 Å². The predicted molar refractivity (Wildman–Crippen MR) is 69.8 cm³/mol. The lowest BCUT2D eigenvalue weighted by Crippen LogP contribution is -2.50. The molecule has 0 aliphatic carbocycles. The topological polar surface area (TPSA) is 38.5 Å². The van der Waals surface area contributed by atoms with Gasteiger partial charge in [0.1, 0.15) is 5.82 Å². The first-order valence-electron chi connectivity index (χ1n) is 6.46. The molecule has 1 saturated heterocycles. The molecule has 2 rings (SSSR count). The van der Waals surface area contributed by atoms with Crippen molar-refractivity contribution < 1.29 is 9.13 Å². The minimum atomic E-state index is -0.211. The first kappa shape index (κ1) is 13.5. The number of halogens is 1. The predicted octanol–water partition coefficient (Wildman–Crippen LogP) is 1.93. The molecule has 0 saturated carbocycles. The lowest BCUT2D eigenvalue weighted by atomic mass is 9.96. The van der Waals surface area contributed by atoms with Gasteiger partial charge in [-0.1, -0.05) is 12.1 Å². The Morgan fingerprint density at radius 2 is 2.28 bits per heavy atom. The molecule has 100 valence electrons. The van der Waals surface area contributed by atoms with Gasteiger partial charge in [-0.2, -0.15) is 0 Å². The molecule has 2 N–H and O–H groups in total. The SMILES string of the molecule is CC(C)N1CCOC(CN)C1c1cccc(F)c1. The number of ether oxygens (including phenoxy) is 1. The summed E-state index contributed by atoms with van der Waals surface area (Å²) in [6, 6.07) is 7.16. The molecule has 2 unspecified atom stereocenters. The molecular weight excluding hydrogens is 231 g/mol. The van der Waals surface area contributed by atoms with Gasteiger partial charge < -0.3 is 10.5 Å². The average molecular weight is 252 g/mol. The number of hydrogen-bond acceptors (Lipinski definition) is 3. The van der Waals surface area contributed by atoms with Crippen molar-refractivity contribution in [2.24, 2.45) is 5.73 Å². The van der Waals surface area contributed by atoms with Crippen LogP contribution in [0.15, 0.2) is 24.3 Å². The highest BCUT2D eigenvalue weighted by atomic mass is 19.1. The molecule has 18 heavy (non-hydrogen) atoms. The second kappa shape index (κ2) is 5.78. The molecule has 4 heteroatoms. The van der Waals surface area contributed by atoms with Crippen LogP contribution in [0.25, 0.3) is 0 Å². The van der Waals surface area contributed by atoms with Gasteiger partial charge in [0.2, 0.25) is 0 Å². The third-order valence-electron chi connectivity index (χ3n) is 3.48. The van der Waals surface area contributed by atoms with E-state index in [1.54, 1.807) is 12.1 Å². The third kappa shape index (κ3) is 2.71. The fraction of sp³-hybridized carbons (Fsp3) is 0.571. The van der Waals surface area contributed by atoms with E-state index in [0.717, 1.165) is 12.1 Å². The fourth-order valence-electron chi connectivity index (χ4n) is 2.63. The minimum absolute atomic E-state index is 0.0412. The Balaban J connectivity index is 2.33. The van der Waals surface area contributed by atoms with Gasteiger partial charge in [0, 0.05) is 19.1 Å². The van der Waals surface area contributed by atoms with Crippen LogP contribution in [0.1, 0.15) is 25.5 Å². The van der Waals surface area contributed by atoms with E-state index in [0.29, 0.717) is 19.2 Å². The summed E-state index contributed by atoms with van der Waals surface area (Å²) in [6.07, 6.45) is -0.0667. The molecular formula is C14H21FN2O. The number of benzene rings is 1. The lowest BCUT2D eigenvalue weighted by Gasteiger charge is -2.43. The van der Waals surface area contributed by atoms with E-state index in [2.05, 4.69) is 18.7 Å². The summed E-state index contributed by atoms with van der Waals surface area (Å²) in [5.41, 5.74) is 6.73. The van der Waals surface area contributed by atoms with E-state index in [1.807, 2.05) is 6.07 Å². The van der Waals surface area contributed by atoms with Gasteiger partial charge in [-0.3, -0.25) is 4.90 Å². The molecule has 0 radical (unpaired) electrons. The Morgan fingerprint density at radius 3 is 2.89 bits per heavy atom. The van der Waals surface area contributed by atoms with Crippen LogP contribution in [0.2, 0.25) is 0 Å². The maximum absolute atomic E-state index is 13.4. The second-order valence-corrected chi connectivity index (χ2v) is 4.98. The molecule has 0 amide bonds. The van der Waals surface area contributed by atoms with Crippen LogP contribution in [-0.2, 0) is 4.74 Å².